The van der Waals surface area contributed by atoms with Gasteiger partial charge >= 0.3 is 0 Å². The average molecular weight is 154 g/mol. The molecule has 1 heteroatoms. The van der Waals surface area contributed by atoms with E-state index in [1.807, 2.05) is 0 Å². The second-order valence-electron chi connectivity index (χ2n) is 4.14. The molecule has 1 unspecified atom stereocenters. The van der Waals surface area contributed by atoms with Crippen molar-refractivity contribution >= 4 is 6.29 Å². The summed E-state index contributed by atoms with van der Waals surface area (Å²) in [6.45, 7) is 4.31. The first-order valence-electron chi connectivity index (χ1n) is 4.64. The second-order valence-corrected chi connectivity index (χ2v) is 4.14. The van der Waals surface area contributed by atoms with E-state index in [4.69, 9.17) is 0 Å². The van der Waals surface area contributed by atoms with Gasteiger partial charge in [0, 0.05) is 5.92 Å². The van der Waals surface area contributed by atoms with E-state index in [0.717, 1.165) is 6.29 Å². The molecule has 0 spiro atoms. The van der Waals surface area contributed by atoms with E-state index >= 15 is 0 Å². The molecule has 0 heterocycles. The molecule has 0 aliphatic heterocycles. The summed E-state index contributed by atoms with van der Waals surface area (Å²) in [6.07, 6.45) is 7.59. The molecular formula is C10H18O. The summed E-state index contributed by atoms with van der Waals surface area (Å²) < 4.78 is 0. The molecule has 0 saturated heterocycles. The summed E-state index contributed by atoms with van der Waals surface area (Å²) in [5, 5.41) is 0. The van der Waals surface area contributed by atoms with Gasteiger partial charge < -0.3 is 4.79 Å². The molecule has 0 aromatic rings. The Balaban J connectivity index is 2.55. The van der Waals surface area contributed by atoms with E-state index in [2.05, 4.69) is 13.8 Å². The van der Waals surface area contributed by atoms with Gasteiger partial charge in [-0.2, -0.15) is 0 Å². The summed E-state index contributed by atoms with van der Waals surface area (Å²) in [6, 6.07) is 0. The Kier molecular flexibility index (Phi) is 2.69. The van der Waals surface area contributed by atoms with Gasteiger partial charge in [0.05, 0.1) is 0 Å². The van der Waals surface area contributed by atoms with Crippen LogP contribution < -0.4 is 0 Å². The zero-order chi connectivity index (χ0) is 8.32. The van der Waals surface area contributed by atoms with Crippen LogP contribution in [0.5, 0.6) is 0 Å². The fourth-order valence-electron chi connectivity index (χ4n) is 1.98. The van der Waals surface area contributed by atoms with Crippen molar-refractivity contribution in [1.29, 1.82) is 0 Å². The van der Waals surface area contributed by atoms with Crippen LogP contribution in [0.15, 0.2) is 0 Å². The highest BCUT2D eigenvalue weighted by atomic mass is 16.1. The monoisotopic (exact) mass is 154 g/mol. The van der Waals surface area contributed by atoms with E-state index in [1.165, 1.54) is 32.1 Å². The Bertz CT molecular complexity index is 134. The Morgan fingerprint density at radius 2 is 1.82 bits per heavy atom. The number of hydrogen-bond acceptors (Lipinski definition) is 1. The van der Waals surface area contributed by atoms with Gasteiger partial charge in [-0.1, -0.05) is 33.1 Å². The molecule has 0 N–H and O–H groups in total. The standard InChI is InChI=1S/C10H18O/c1-9(8-11)10(2)6-4-3-5-7-10/h8-9H,3-7H2,1-2H3. The summed E-state index contributed by atoms with van der Waals surface area (Å²) in [5.74, 6) is 0.253. The summed E-state index contributed by atoms with van der Waals surface area (Å²) >= 11 is 0. The van der Waals surface area contributed by atoms with Crippen LogP contribution >= 0.6 is 0 Å². The van der Waals surface area contributed by atoms with Crippen molar-refractivity contribution in [3.05, 3.63) is 0 Å². The van der Waals surface area contributed by atoms with Crippen molar-refractivity contribution in [1.82, 2.24) is 0 Å². The van der Waals surface area contributed by atoms with E-state index in [-0.39, 0.29) is 5.92 Å². The smallest absolute Gasteiger partial charge is 0.123 e. The minimum atomic E-state index is 0.253. The topological polar surface area (TPSA) is 17.1 Å². The van der Waals surface area contributed by atoms with Crippen molar-refractivity contribution in [2.75, 3.05) is 0 Å². The van der Waals surface area contributed by atoms with E-state index in [1.54, 1.807) is 0 Å². The van der Waals surface area contributed by atoms with Crippen molar-refractivity contribution < 1.29 is 4.79 Å². The highest BCUT2D eigenvalue weighted by Crippen LogP contribution is 2.40. The Hall–Kier alpha value is -0.330. The predicted molar refractivity (Wildman–Crippen MR) is 46.4 cm³/mol. The summed E-state index contributed by atoms with van der Waals surface area (Å²) in [4.78, 5) is 10.6. The van der Waals surface area contributed by atoms with Gasteiger partial charge in [-0.05, 0) is 18.3 Å². The molecule has 1 aliphatic rings. The van der Waals surface area contributed by atoms with Crippen LogP contribution in [0.3, 0.4) is 0 Å². The largest absolute Gasteiger partial charge is 0.303 e. The van der Waals surface area contributed by atoms with Crippen molar-refractivity contribution in [3.63, 3.8) is 0 Å². The average Bonchev–Trinajstić information content (AvgIpc) is 2.04. The lowest BCUT2D eigenvalue weighted by atomic mass is 9.68. The molecule has 0 amide bonds. The lowest BCUT2D eigenvalue weighted by Crippen LogP contribution is -2.28. The Morgan fingerprint density at radius 3 is 2.27 bits per heavy atom. The number of hydrogen-bond donors (Lipinski definition) is 0. The molecule has 1 nitrogen and oxygen atoms in total. The first-order chi connectivity index (χ1) is 5.19. The van der Waals surface area contributed by atoms with Gasteiger partial charge in [-0.15, -0.1) is 0 Å². The number of aldehydes is 1. The third kappa shape index (κ3) is 1.82. The Labute approximate surface area is 69.2 Å². The first kappa shape index (κ1) is 8.76. The molecule has 0 radical (unpaired) electrons. The third-order valence-corrected chi connectivity index (χ3v) is 3.30. The van der Waals surface area contributed by atoms with E-state index in [0.29, 0.717) is 5.41 Å². The van der Waals surface area contributed by atoms with Crippen LogP contribution in [0.2, 0.25) is 0 Å². The maximum Gasteiger partial charge on any atom is 0.123 e. The van der Waals surface area contributed by atoms with Gasteiger partial charge in [0.2, 0.25) is 0 Å². The number of rotatable bonds is 2. The minimum Gasteiger partial charge on any atom is -0.303 e. The predicted octanol–water partition coefficient (Wildman–Crippen LogP) is 2.79. The molecule has 1 aliphatic carbocycles. The van der Waals surface area contributed by atoms with Crippen LogP contribution in [0.1, 0.15) is 46.0 Å². The zero-order valence-electron chi connectivity index (χ0n) is 7.60. The molecule has 1 rings (SSSR count). The molecule has 1 saturated carbocycles. The van der Waals surface area contributed by atoms with Crippen molar-refractivity contribution in [2.45, 2.75) is 46.0 Å². The second kappa shape index (κ2) is 3.38. The molecule has 0 aromatic carbocycles. The van der Waals surface area contributed by atoms with Gasteiger partial charge in [0.25, 0.3) is 0 Å². The highest BCUT2D eigenvalue weighted by Gasteiger charge is 2.31. The first-order valence-corrected chi connectivity index (χ1v) is 4.64. The molecular weight excluding hydrogens is 136 g/mol. The molecule has 1 fully saturated rings. The third-order valence-electron chi connectivity index (χ3n) is 3.30. The zero-order valence-corrected chi connectivity index (χ0v) is 7.60. The number of carbonyl (C=O) groups excluding carboxylic acids is 1. The van der Waals surface area contributed by atoms with Crippen molar-refractivity contribution in [2.24, 2.45) is 11.3 Å². The van der Waals surface area contributed by atoms with Crippen molar-refractivity contribution in [3.8, 4) is 0 Å². The lowest BCUT2D eigenvalue weighted by molar-refractivity contribution is -0.114. The fourth-order valence-corrected chi connectivity index (χ4v) is 1.98. The van der Waals surface area contributed by atoms with Crippen LogP contribution in [0.4, 0.5) is 0 Å². The molecule has 11 heavy (non-hydrogen) atoms. The van der Waals surface area contributed by atoms with E-state index in [9.17, 15) is 4.79 Å². The summed E-state index contributed by atoms with van der Waals surface area (Å²) in [5.41, 5.74) is 0.319. The van der Waals surface area contributed by atoms with Crippen LogP contribution in [-0.2, 0) is 4.79 Å². The maximum atomic E-state index is 10.6. The van der Waals surface area contributed by atoms with Gasteiger partial charge in [0.1, 0.15) is 6.29 Å². The maximum absolute atomic E-state index is 10.6. The SMILES string of the molecule is CC(C=O)C1(C)CCCCC1. The fraction of sp³-hybridized carbons (Fsp3) is 0.900. The Morgan fingerprint density at radius 1 is 1.27 bits per heavy atom. The van der Waals surface area contributed by atoms with Crippen LogP contribution in [-0.4, -0.2) is 6.29 Å². The van der Waals surface area contributed by atoms with Crippen LogP contribution in [0, 0.1) is 11.3 Å². The highest BCUT2D eigenvalue weighted by molar-refractivity contribution is 5.54. The van der Waals surface area contributed by atoms with Gasteiger partial charge in [-0.25, -0.2) is 0 Å². The van der Waals surface area contributed by atoms with E-state index < -0.39 is 0 Å². The molecule has 64 valence electrons. The molecule has 0 aromatic heterocycles. The van der Waals surface area contributed by atoms with Gasteiger partial charge in [-0.3, -0.25) is 0 Å². The quantitative estimate of drug-likeness (QED) is 0.559. The molecule has 0 bridgehead atoms. The molecule has 1 atom stereocenters. The number of carbonyl (C=O) groups is 1. The lowest BCUT2D eigenvalue weighted by Gasteiger charge is -2.36. The summed E-state index contributed by atoms with van der Waals surface area (Å²) in [7, 11) is 0. The van der Waals surface area contributed by atoms with Crippen LogP contribution in [0.25, 0.3) is 0 Å². The normalized spacial score (nSPS) is 26.0. The minimum absolute atomic E-state index is 0.253. The van der Waals surface area contributed by atoms with Gasteiger partial charge in [0.15, 0.2) is 0 Å².